The summed E-state index contributed by atoms with van der Waals surface area (Å²) in [5.41, 5.74) is 5.50. The third-order valence-electron chi connectivity index (χ3n) is 4.72. The average Bonchev–Trinajstić information content (AvgIpc) is 3.38. The summed E-state index contributed by atoms with van der Waals surface area (Å²) < 4.78 is 0. The minimum Gasteiger partial charge on any atom is -0.346 e. The number of aromatic amines is 2. The van der Waals surface area contributed by atoms with Crippen molar-refractivity contribution >= 4 is 22.6 Å². The Morgan fingerprint density at radius 3 is 2.96 bits per heavy atom. The lowest BCUT2D eigenvalue weighted by Crippen LogP contribution is -2.28. The van der Waals surface area contributed by atoms with Crippen molar-refractivity contribution in [3.63, 3.8) is 0 Å². The maximum atomic E-state index is 13.0. The molecule has 0 bridgehead atoms. The number of nitrogens with one attached hydrogen (secondary N) is 2. The predicted molar refractivity (Wildman–Crippen MR) is 95.5 cm³/mol. The Kier molecular flexibility index (Phi) is 2.97. The second-order valence-corrected chi connectivity index (χ2v) is 6.14. The van der Waals surface area contributed by atoms with Crippen LogP contribution in [0, 0.1) is 0 Å². The van der Waals surface area contributed by atoms with E-state index in [1.807, 2.05) is 41.6 Å². The van der Waals surface area contributed by atoms with E-state index in [4.69, 9.17) is 0 Å². The standard InChI is InChI=1S/C19H15N5O/c25-19(24-6-5-12-3-1-2-4-17(12)24)13-7-15-16(14-9-22-23-10-14)11-21-18(15)20-8-13/h1-4,7-11H,5-6H2,(H,20,21)(H,22,23). The Balaban J connectivity index is 1.57. The van der Waals surface area contributed by atoms with Gasteiger partial charge in [-0.05, 0) is 24.1 Å². The zero-order chi connectivity index (χ0) is 16.8. The number of carbonyl (C=O) groups is 1. The zero-order valence-electron chi connectivity index (χ0n) is 13.4. The monoisotopic (exact) mass is 329 g/mol. The molecule has 2 N–H and O–H groups in total. The zero-order valence-corrected chi connectivity index (χ0v) is 13.4. The molecule has 4 heterocycles. The average molecular weight is 329 g/mol. The third kappa shape index (κ3) is 2.15. The molecule has 25 heavy (non-hydrogen) atoms. The van der Waals surface area contributed by atoms with Gasteiger partial charge in [-0.15, -0.1) is 0 Å². The van der Waals surface area contributed by atoms with Gasteiger partial charge in [-0.2, -0.15) is 5.10 Å². The molecule has 4 aromatic rings. The molecule has 1 aliphatic heterocycles. The number of rotatable bonds is 2. The van der Waals surface area contributed by atoms with Crippen LogP contribution in [0.25, 0.3) is 22.2 Å². The number of amides is 1. The van der Waals surface area contributed by atoms with Crippen molar-refractivity contribution in [3.8, 4) is 11.1 Å². The molecule has 0 aliphatic carbocycles. The van der Waals surface area contributed by atoms with Crippen LogP contribution in [-0.4, -0.2) is 32.6 Å². The van der Waals surface area contributed by atoms with Gasteiger partial charge < -0.3 is 9.88 Å². The molecule has 122 valence electrons. The fraction of sp³-hybridized carbons (Fsp3) is 0.105. The highest BCUT2D eigenvalue weighted by Gasteiger charge is 2.25. The van der Waals surface area contributed by atoms with E-state index in [0.29, 0.717) is 12.1 Å². The fourth-order valence-electron chi connectivity index (χ4n) is 3.46. The number of anilines is 1. The first-order chi connectivity index (χ1) is 12.3. The number of carbonyl (C=O) groups excluding carboxylic acids is 1. The largest absolute Gasteiger partial charge is 0.346 e. The maximum Gasteiger partial charge on any atom is 0.259 e. The van der Waals surface area contributed by atoms with Crippen LogP contribution in [0.2, 0.25) is 0 Å². The number of H-pyrrole nitrogens is 2. The van der Waals surface area contributed by atoms with Crippen LogP contribution in [-0.2, 0) is 6.42 Å². The molecule has 1 aromatic carbocycles. The number of fused-ring (bicyclic) bond motifs is 2. The highest BCUT2D eigenvalue weighted by atomic mass is 16.2. The summed E-state index contributed by atoms with van der Waals surface area (Å²) in [4.78, 5) is 22.4. The molecule has 0 radical (unpaired) electrons. The summed E-state index contributed by atoms with van der Waals surface area (Å²) in [6, 6.07) is 9.96. The molecule has 0 unspecified atom stereocenters. The van der Waals surface area contributed by atoms with Gasteiger partial charge in [-0.3, -0.25) is 9.89 Å². The van der Waals surface area contributed by atoms with E-state index in [1.165, 1.54) is 5.56 Å². The Morgan fingerprint density at radius 1 is 1.16 bits per heavy atom. The number of para-hydroxylation sites is 1. The van der Waals surface area contributed by atoms with Crippen molar-refractivity contribution in [2.24, 2.45) is 0 Å². The van der Waals surface area contributed by atoms with E-state index in [1.54, 1.807) is 12.4 Å². The topological polar surface area (TPSA) is 77.7 Å². The van der Waals surface area contributed by atoms with Gasteiger partial charge >= 0.3 is 0 Å². The van der Waals surface area contributed by atoms with E-state index in [-0.39, 0.29) is 5.91 Å². The van der Waals surface area contributed by atoms with Gasteiger partial charge in [0.25, 0.3) is 5.91 Å². The number of nitrogens with zero attached hydrogens (tertiary/aromatic N) is 3. The molecule has 1 amide bonds. The smallest absolute Gasteiger partial charge is 0.259 e. The minimum atomic E-state index is -0.0151. The lowest BCUT2D eigenvalue weighted by Gasteiger charge is -2.17. The molecule has 6 nitrogen and oxygen atoms in total. The third-order valence-corrected chi connectivity index (χ3v) is 4.72. The van der Waals surface area contributed by atoms with Crippen molar-refractivity contribution in [2.45, 2.75) is 6.42 Å². The minimum absolute atomic E-state index is 0.0151. The lowest BCUT2D eigenvalue weighted by molar-refractivity contribution is 0.0989. The molecule has 0 saturated heterocycles. The first kappa shape index (κ1) is 14.0. The number of benzene rings is 1. The van der Waals surface area contributed by atoms with Crippen LogP contribution in [0.4, 0.5) is 5.69 Å². The Hall–Kier alpha value is -3.41. The van der Waals surface area contributed by atoms with Gasteiger partial charge in [0.2, 0.25) is 0 Å². The van der Waals surface area contributed by atoms with Gasteiger partial charge in [0.1, 0.15) is 5.65 Å². The molecule has 6 heteroatoms. The molecule has 0 atom stereocenters. The Labute approximate surface area is 143 Å². The summed E-state index contributed by atoms with van der Waals surface area (Å²) in [5.74, 6) is -0.0151. The molecule has 0 spiro atoms. The number of hydrogen-bond acceptors (Lipinski definition) is 3. The predicted octanol–water partition coefficient (Wildman–Crippen LogP) is 3.16. The summed E-state index contributed by atoms with van der Waals surface area (Å²) >= 11 is 0. The van der Waals surface area contributed by atoms with Crippen molar-refractivity contribution in [3.05, 3.63) is 66.2 Å². The molecule has 5 rings (SSSR count). The molecule has 0 fully saturated rings. The van der Waals surface area contributed by atoms with E-state index in [2.05, 4.69) is 26.2 Å². The molecule has 1 aliphatic rings. The molecular weight excluding hydrogens is 314 g/mol. The van der Waals surface area contributed by atoms with E-state index >= 15 is 0 Å². The number of aromatic nitrogens is 4. The lowest BCUT2D eigenvalue weighted by atomic mass is 10.1. The first-order valence-corrected chi connectivity index (χ1v) is 8.17. The van der Waals surface area contributed by atoms with Crippen LogP contribution in [0.5, 0.6) is 0 Å². The van der Waals surface area contributed by atoms with Gasteiger partial charge in [-0.1, -0.05) is 18.2 Å². The van der Waals surface area contributed by atoms with Crippen molar-refractivity contribution < 1.29 is 4.79 Å². The summed E-state index contributed by atoms with van der Waals surface area (Å²) in [6.07, 6.45) is 8.01. The van der Waals surface area contributed by atoms with Crippen LogP contribution >= 0.6 is 0 Å². The SMILES string of the molecule is O=C(c1cnc2[nH]cc(-c3cn[nH]c3)c2c1)N1CCc2ccccc21. The van der Waals surface area contributed by atoms with E-state index in [0.717, 1.165) is 34.3 Å². The normalized spacial score (nSPS) is 13.4. The summed E-state index contributed by atoms with van der Waals surface area (Å²) in [5, 5.41) is 7.73. The fourth-order valence-corrected chi connectivity index (χ4v) is 3.46. The van der Waals surface area contributed by atoms with Crippen molar-refractivity contribution in [2.75, 3.05) is 11.4 Å². The second-order valence-electron chi connectivity index (χ2n) is 6.14. The van der Waals surface area contributed by atoms with Crippen molar-refractivity contribution in [1.82, 2.24) is 20.2 Å². The Bertz CT molecular complexity index is 1080. The second kappa shape index (κ2) is 5.31. The van der Waals surface area contributed by atoms with Gasteiger partial charge in [0, 0.05) is 47.3 Å². The van der Waals surface area contributed by atoms with E-state index < -0.39 is 0 Å². The van der Waals surface area contributed by atoms with Crippen LogP contribution in [0.15, 0.2) is 55.1 Å². The number of pyridine rings is 1. The Morgan fingerprint density at radius 2 is 2.08 bits per heavy atom. The molecule has 0 saturated carbocycles. The van der Waals surface area contributed by atoms with Crippen molar-refractivity contribution in [1.29, 1.82) is 0 Å². The van der Waals surface area contributed by atoms with Gasteiger partial charge in [0.05, 0.1) is 11.8 Å². The highest BCUT2D eigenvalue weighted by molar-refractivity contribution is 6.09. The van der Waals surface area contributed by atoms with Crippen LogP contribution in [0.1, 0.15) is 15.9 Å². The van der Waals surface area contributed by atoms with E-state index in [9.17, 15) is 4.79 Å². The van der Waals surface area contributed by atoms with Gasteiger partial charge in [0.15, 0.2) is 0 Å². The van der Waals surface area contributed by atoms with Crippen LogP contribution in [0.3, 0.4) is 0 Å². The van der Waals surface area contributed by atoms with Gasteiger partial charge in [-0.25, -0.2) is 4.98 Å². The summed E-state index contributed by atoms with van der Waals surface area (Å²) in [6.45, 7) is 0.706. The molecular formula is C19H15N5O. The first-order valence-electron chi connectivity index (χ1n) is 8.17. The quantitative estimate of drug-likeness (QED) is 0.593. The summed E-state index contributed by atoms with van der Waals surface area (Å²) in [7, 11) is 0. The number of hydrogen-bond donors (Lipinski definition) is 2. The molecule has 3 aromatic heterocycles. The van der Waals surface area contributed by atoms with Crippen LogP contribution < -0.4 is 4.90 Å². The maximum absolute atomic E-state index is 13.0. The highest BCUT2D eigenvalue weighted by Crippen LogP contribution is 2.31.